The van der Waals surface area contributed by atoms with Crippen molar-refractivity contribution in [1.29, 1.82) is 0 Å². The summed E-state index contributed by atoms with van der Waals surface area (Å²) < 4.78 is 30.1. The smallest absolute Gasteiger partial charge is 0.756 e. The van der Waals surface area contributed by atoms with E-state index >= 15 is 0 Å². The van der Waals surface area contributed by atoms with Crippen LogP contribution in [0.2, 0.25) is 10.0 Å². The number of phosphoric ester groups is 2. The molecule has 6 aromatic rings. The van der Waals surface area contributed by atoms with Gasteiger partial charge >= 0.3 is 37.4 Å². The number of aromatic nitrogens is 8. The summed E-state index contributed by atoms with van der Waals surface area (Å²) in [6.45, 7) is 0.351. The van der Waals surface area contributed by atoms with Crippen LogP contribution in [0, 0.1) is 0 Å². The first-order chi connectivity index (χ1) is 30.6. The van der Waals surface area contributed by atoms with Crippen LogP contribution in [0.1, 0.15) is 48.9 Å². The van der Waals surface area contributed by atoms with Gasteiger partial charge in [0.15, 0.2) is 0 Å². The number of nitrogens with zero attached hydrogens (tertiary/aromatic N) is 8. The van der Waals surface area contributed by atoms with Crippen molar-refractivity contribution < 1.29 is 87.8 Å². The SMILES string of the molecule is O.O.O=C(COP(=O)(O)O)N1CCC(c2[nH]nc(-c3ccc(Cl)cc3)c2-c2ccncn2)CC1.O=C(COP(=O)([O-])O)N1CCC(c2[nH]nc(-c3ccc(Cl)cc3)c2-c2ccncn2)CC1.[Na+]. The van der Waals surface area contributed by atoms with Crippen molar-refractivity contribution >= 4 is 50.7 Å². The van der Waals surface area contributed by atoms with Gasteiger partial charge in [0.25, 0.3) is 7.82 Å². The van der Waals surface area contributed by atoms with E-state index < -0.39 is 40.7 Å². The minimum Gasteiger partial charge on any atom is -0.756 e. The number of likely N-dealkylation sites (tertiary alicyclic amines) is 2. The van der Waals surface area contributed by atoms with E-state index in [0.29, 0.717) is 61.9 Å². The van der Waals surface area contributed by atoms with E-state index in [1.54, 1.807) is 41.6 Å². The summed E-state index contributed by atoms with van der Waals surface area (Å²) in [4.78, 5) is 81.3. The summed E-state index contributed by atoms with van der Waals surface area (Å²) in [7, 11) is -9.61. The topological polar surface area (TPSA) is 349 Å². The van der Waals surface area contributed by atoms with Crippen LogP contribution in [-0.2, 0) is 27.8 Å². The second-order valence-electron chi connectivity index (χ2n) is 14.7. The fourth-order valence-electron chi connectivity index (χ4n) is 7.62. The molecule has 1 unspecified atom stereocenters. The predicted octanol–water partition coefficient (Wildman–Crippen LogP) is 0.727. The summed E-state index contributed by atoms with van der Waals surface area (Å²) in [5, 5.41) is 16.7. The van der Waals surface area contributed by atoms with Crippen LogP contribution in [0.4, 0.5) is 0 Å². The van der Waals surface area contributed by atoms with Crippen LogP contribution in [-0.4, -0.2) is 127 Å². The van der Waals surface area contributed by atoms with Crippen molar-refractivity contribution in [2.75, 3.05) is 39.4 Å². The molecule has 2 aliphatic heterocycles. The zero-order valence-corrected chi connectivity index (χ0v) is 41.0. The first kappa shape index (κ1) is 55.3. The molecule has 22 nitrogen and oxygen atoms in total. The van der Waals surface area contributed by atoms with E-state index in [2.05, 4.69) is 49.4 Å². The molecule has 4 aromatic heterocycles. The maximum Gasteiger partial charge on any atom is 1.00 e. The average molecular weight is 1010 g/mol. The number of carbonyl (C=O) groups is 2. The van der Waals surface area contributed by atoms with Gasteiger partial charge in [0.05, 0.1) is 11.4 Å². The fourth-order valence-corrected chi connectivity index (χ4v) is 8.43. The third-order valence-corrected chi connectivity index (χ3v) is 12.1. The molecule has 27 heteroatoms. The van der Waals surface area contributed by atoms with Crippen molar-refractivity contribution in [3.8, 4) is 45.0 Å². The van der Waals surface area contributed by atoms with E-state index in [0.717, 1.165) is 56.4 Å². The number of carbonyl (C=O) groups excluding carboxylic acids is 2. The van der Waals surface area contributed by atoms with Gasteiger partial charge in [-0.15, -0.1) is 0 Å². The molecule has 6 heterocycles. The summed E-state index contributed by atoms with van der Waals surface area (Å²) in [6.07, 6.45) is 8.90. The molecule has 352 valence electrons. The van der Waals surface area contributed by atoms with Gasteiger partial charge in [0.1, 0.15) is 37.3 Å². The maximum atomic E-state index is 12.2. The normalized spacial score (nSPS) is 15.2. The number of hydrogen-bond donors (Lipinski definition) is 5. The van der Waals surface area contributed by atoms with Crippen molar-refractivity contribution in [3.63, 3.8) is 0 Å². The molecule has 0 spiro atoms. The van der Waals surface area contributed by atoms with Crippen LogP contribution in [0.3, 0.4) is 0 Å². The molecule has 2 aliphatic rings. The second-order valence-corrected chi connectivity index (χ2v) is 18.0. The monoisotopic (exact) mass is 1010 g/mol. The summed E-state index contributed by atoms with van der Waals surface area (Å²) in [5.74, 6) is -0.757. The van der Waals surface area contributed by atoms with Crippen molar-refractivity contribution in [2.45, 2.75) is 37.5 Å². The molecule has 2 saturated heterocycles. The molecule has 2 fully saturated rings. The number of benzene rings is 2. The van der Waals surface area contributed by atoms with Gasteiger partial charge in [-0.1, -0.05) is 47.5 Å². The number of nitrogens with one attached hydrogen (secondary N) is 2. The standard InChI is InChI=1S/2C20H21ClN5O5P.Na.2H2O/c2*21-15-3-1-13(2-4-15)19-18(16-5-8-22-12-23-16)20(25-24-19)14-6-9-26(10-7-14)17(27)11-31-32(28,29)30;;;/h2*1-5,8,12,14H,6-7,9-11H2,(H,24,25)(H2,28,29,30);;2*1H2/q;;+1;;/p-1. The first-order valence-corrected chi connectivity index (χ1v) is 23.6. The van der Waals surface area contributed by atoms with Gasteiger partial charge in [0.2, 0.25) is 11.8 Å². The van der Waals surface area contributed by atoms with Crippen LogP contribution < -0.4 is 34.5 Å². The quantitative estimate of drug-likeness (QED) is 0.0833. The Hall–Kier alpha value is -4.32. The van der Waals surface area contributed by atoms with Crippen LogP contribution in [0.15, 0.2) is 85.7 Å². The summed E-state index contributed by atoms with van der Waals surface area (Å²) in [6, 6.07) is 18.4. The number of aromatic amines is 2. The number of hydrogen-bond acceptors (Lipinski definition) is 13. The van der Waals surface area contributed by atoms with Crippen LogP contribution in [0.25, 0.3) is 45.0 Å². The fraction of sp³-hybridized carbons (Fsp3) is 0.300. The molecule has 2 aromatic carbocycles. The van der Waals surface area contributed by atoms with E-state index in [1.807, 2.05) is 36.4 Å². The molecule has 0 radical (unpaired) electrons. The molecule has 0 aliphatic carbocycles. The Kier molecular flexibility index (Phi) is 20.5. The van der Waals surface area contributed by atoms with E-state index in [1.165, 1.54) is 17.6 Å². The zero-order chi connectivity index (χ0) is 45.4. The van der Waals surface area contributed by atoms with Gasteiger partial charge in [-0.05, 0) is 62.1 Å². The predicted molar refractivity (Wildman–Crippen MR) is 238 cm³/mol. The average Bonchev–Trinajstić information content (AvgIpc) is 3.95. The van der Waals surface area contributed by atoms with Crippen LogP contribution >= 0.6 is 38.8 Å². The number of halogens is 2. The Balaban J connectivity index is 0.000000280. The largest absolute Gasteiger partial charge is 1.00 e. The van der Waals surface area contributed by atoms with Crippen molar-refractivity contribution in [2.24, 2.45) is 0 Å². The van der Waals surface area contributed by atoms with Gasteiger partial charge in [0, 0.05) is 94.1 Å². The third-order valence-electron chi connectivity index (χ3n) is 10.7. The minimum absolute atomic E-state index is 0. The molecule has 9 N–H and O–H groups in total. The zero-order valence-electron chi connectivity index (χ0n) is 35.7. The first-order valence-electron chi connectivity index (χ1n) is 19.8. The van der Waals surface area contributed by atoms with Gasteiger partial charge in [-0.3, -0.25) is 28.9 Å². The van der Waals surface area contributed by atoms with Crippen LogP contribution in [0.5, 0.6) is 0 Å². The molecule has 0 saturated carbocycles. The Morgan fingerprint density at radius 3 is 1.36 bits per heavy atom. The van der Waals surface area contributed by atoms with Gasteiger partial charge in [-0.25, -0.2) is 24.5 Å². The molecule has 8 rings (SSSR count). The number of phosphoric acid groups is 2. The van der Waals surface area contributed by atoms with E-state index in [-0.39, 0.29) is 52.3 Å². The summed E-state index contributed by atoms with van der Waals surface area (Å²) >= 11 is 12.1. The molecule has 1 atom stereocenters. The number of piperidine rings is 2. The Bertz CT molecular complexity index is 2450. The molecular formula is C40H45Cl2N10NaO12P2. The van der Waals surface area contributed by atoms with Crippen molar-refractivity contribution in [1.82, 2.24) is 50.1 Å². The Morgan fingerprint density at radius 1 is 0.657 bits per heavy atom. The van der Waals surface area contributed by atoms with E-state index in [9.17, 15) is 23.6 Å². The van der Waals surface area contributed by atoms with Gasteiger partial charge < -0.3 is 44.8 Å². The number of H-pyrrole nitrogens is 2. The van der Waals surface area contributed by atoms with Gasteiger partial charge in [-0.2, -0.15) is 10.2 Å². The molecule has 67 heavy (non-hydrogen) atoms. The third kappa shape index (κ3) is 14.8. The minimum atomic E-state index is -4.93. The number of amides is 2. The molecular weight excluding hydrogens is 968 g/mol. The van der Waals surface area contributed by atoms with E-state index in [4.69, 9.17) is 37.9 Å². The number of rotatable bonds is 12. The second kappa shape index (κ2) is 24.8. The van der Waals surface area contributed by atoms with Crippen molar-refractivity contribution in [3.05, 3.63) is 107 Å². The summed E-state index contributed by atoms with van der Waals surface area (Å²) in [5.41, 5.74) is 8.34. The Morgan fingerprint density at radius 2 is 1.03 bits per heavy atom. The Labute approximate surface area is 415 Å². The molecule has 0 bridgehead atoms. The molecule has 2 amide bonds. The maximum absolute atomic E-state index is 12.2.